The van der Waals surface area contributed by atoms with Crippen molar-refractivity contribution in [3.8, 4) is 0 Å². The lowest BCUT2D eigenvalue weighted by Gasteiger charge is -2.30. The van der Waals surface area contributed by atoms with E-state index in [1.165, 1.54) is 64.8 Å². The highest BCUT2D eigenvalue weighted by atomic mass is 127. The molecule has 2 aliphatic rings. The maximum atomic E-state index is 4.80. The number of likely N-dealkylation sites (tertiary alicyclic amines) is 2. The highest BCUT2D eigenvalue weighted by molar-refractivity contribution is 14.0. The molecule has 0 amide bonds. The molecule has 0 bridgehead atoms. The fourth-order valence-electron chi connectivity index (χ4n) is 3.12. The minimum Gasteiger partial charge on any atom is -0.357 e. The quantitative estimate of drug-likeness (QED) is 0.329. The molecule has 2 heterocycles. The van der Waals surface area contributed by atoms with Crippen LogP contribution in [0.25, 0.3) is 0 Å². The largest absolute Gasteiger partial charge is 0.357 e. The van der Waals surface area contributed by atoms with E-state index < -0.39 is 0 Å². The monoisotopic (exact) mass is 408 g/mol. The molecule has 4 nitrogen and oxygen atoms in total. The maximum absolute atomic E-state index is 4.80. The molecule has 5 heteroatoms. The molecule has 2 aliphatic heterocycles. The molecule has 0 aliphatic carbocycles. The van der Waals surface area contributed by atoms with Crippen molar-refractivity contribution in [1.82, 2.24) is 15.1 Å². The summed E-state index contributed by atoms with van der Waals surface area (Å²) >= 11 is 0. The average Bonchev–Trinajstić information content (AvgIpc) is 2.98. The van der Waals surface area contributed by atoms with Crippen molar-refractivity contribution >= 4 is 29.9 Å². The second-order valence-corrected chi connectivity index (χ2v) is 6.31. The van der Waals surface area contributed by atoms with E-state index in [9.17, 15) is 0 Å². The minimum absolute atomic E-state index is 0. The molecule has 2 rings (SSSR count). The van der Waals surface area contributed by atoms with Crippen molar-refractivity contribution in [2.24, 2.45) is 10.9 Å². The summed E-state index contributed by atoms with van der Waals surface area (Å²) in [7, 11) is 0. The van der Waals surface area contributed by atoms with E-state index in [0.29, 0.717) is 0 Å². The lowest BCUT2D eigenvalue weighted by Crippen LogP contribution is -2.39. The van der Waals surface area contributed by atoms with E-state index in [0.717, 1.165) is 25.0 Å². The lowest BCUT2D eigenvalue weighted by molar-refractivity contribution is 0.191. The van der Waals surface area contributed by atoms with Gasteiger partial charge in [-0.15, -0.1) is 24.0 Å². The summed E-state index contributed by atoms with van der Waals surface area (Å²) in [4.78, 5) is 9.82. The van der Waals surface area contributed by atoms with Gasteiger partial charge in [0, 0.05) is 26.2 Å². The zero-order valence-corrected chi connectivity index (χ0v) is 16.1. The van der Waals surface area contributed by atoms with Gasteiger partial charge in [-0.1, -0.05) is 6.92 Å². The molecule has 2 saturated heterocycles. The van der Waals surface area contributed by atoms with E-state index in [4.69, 9.17) is 4.99 Å². The molecule has 0 spiro atoms. The Labute approximate surface area is 147 Å². The number of rotatable bonds is 5. The van der Waals surface area contributed by atoms with Gasteiger partial charge in [-0.05, 0) is 64.6 Å². The van der Waals surface area contributed by atoms with Crippen molar-refractivity contribution in [3.63, 3.8) is 0 Å². The van der Waals surface area contributed by atoms with Gasteiger partial charge in [-0.2, -0.15) is 0 Å². The number of aliphatic imine (C=N–C) groups is 1. The van der Waals surface area contributed by atoms with Gasteiger partial charge in [0.2, 0.25) is 0 Å². The topological polar surface area (TPSA) is 30.9 Å². The Morgan fingerprint density at radius 2 is 1.81 bits per heavy atom. The minimum atomic E-state index is 0. The van der Waals surface area contributed by atoms with Gasteiger partial charge < -0.3 is 15.1 Å². The number of nitrogens with zero attached hydrogens (tertiary/aromatic N) is 3. The predicted molar refractivity (Wildman–Crippen MR) is 102 cm³/mol. The third-order valence-corrected chi connectivity index (χ3v) is 4.51. The van der Waals surface area contributed by atoms with E-state index in [-0.39, 0.29) is 24.0 Å². The molecule has 21 heavy (non-hydrogen) atoms. The first-order chi connectivity index (χ1) is 9.79. The zero-order valence-electron chi connectivity index (χ0n) is 13.8. The van der Waals surface area contributed by atoms with Crippen molar-refractivity contribution in [3.05, 3.63) is 0 Å². The molecule has 0 atom stereocenters. The van der Waals surface area contributed by atoms with Crippen LogP contribution in [-0.2, 0) is 0 Å². The van der Waals surface area contributed by atoms with Crippen LogP contribution >= 0.6 is 24.0 Å². The van der Waals surface area contributed by atoms with E-state index in [2.05, 4.69) is 29.0 Å². The second-order valence-electron chi connectivity index (χ2n) is 6.31. The van der Waals surface area contributed by atoms with Gasteiger partial charge in [0.15, 0.2) is 5.96 Å². The zero-order chi connectivity index (χ0) is 14.2. The first kappa shape index (κ1) is 19.0. The first-order valence-corrected chi connectivity index (χ1v) is 8.55. The standard InChI is InChI=1S/C16H32N4.HI/c1-3-17-16(20-11-4-5-12-20)18-9-6-10-19-13-7-15(2)8-14-19;/h15H,3-14H2,1-2H3,(H,17,18);1H. The van der Waals surface area contributed by atoms with Crippen molar-refractivity contribution < 1.29 is 0 Å². The lowest BCUT2D eigenvalue weighted by atomic mass is 9.99. The first-order valence-electron chi connectivity index (χ1n) is 8.55. The molecule has 0 aromatic rings. The van der Waals surface area contributed by atoms with Crippen molar-refractivity contribution in [1.29, 1.82) is 0 Å². The molecular weight excluding hydrogens is 375 g/mol. The normalized spacial score (nSPS) is 21.4. The summed E-state index contributed by atoms with van der Waals surface area (Å²) < 4.78 is 0. The Morgan fingerprint density at radius 3 is 2.43 bits per heavy atom. The number of nitrogens with one attached hydrogen (secondary N) is 1. The van der Waals surface area contributed by atoms with Gasteiger partial charge in [-0.3, -0.25) is 4.99 Å². The molecule has 0 unspecified atom stereocenters. The van der Waals surface area contributed by atoms with Crippen LogP contribution in [0.2, 0.25) is 0 Å². The molecule has 0 aromatic carbocycles. The summed E-state index contributed by atoms with van der Waals surface area (Å²) in [5.41, 5.74) is 0. The van der Waals surface area contributed by atoms with E-state index >= 15 is 0 Å². The van der Waals surface area contributed by atoms with Gasteiger partial charge in [0.1, 0.15) is 0 Å². The molecule has 124 valence electrons. The highest BCUT2D eigenvalue weighted by Gasteiger charge is 2.16. The Bertz CT molecular complexity index is 295. The Balaban J connectivity index is 0.00000220. The second kappa shape index (κ2) is 10.6. The van der Waals surface area contributed by atoms with Crippen molar-refractivity contribution in [2.45, 2.75) is 46.0 Å². The van der Waals surface area contributed by atoms with Crippen LogP contribution in [0.4, 0.5) is 0 Å². The van der Waals surface area contributed by atoms with E-state index in [1.807, 2.05) is 0 Å². The number of hydrogen-bond donors (Lipinski definition) is 1. The van der Waals surface area contributed by atoms with Crippen LogP contribution in [0.1, 0.15) is 46.0 Å². The molecular formula is C16H33IN4. The summed E-state index contributed by atoms with van der Waals surface area (Å²) in [6.45, 7) is 12.6. The predicted octanol–water partition coefficient (Wildman–Crippen LogP) is 2.79. The van der Waals surface area contributed by atoms with Gasteiger partial charge in [-0.25, -0.2) is 0 Å². The van der Waals surface area contributed by atoms with Crippen LogP contribution < -0.4 is 5.32 Å². The Kier molecular flexibility index (Phi) is 9.64. The van der Waals surface area contributed by atoms with Gasteiger partial charge in [0.05, 0.1) is 0 Å². The fourth-order valence-corrected chi connectivity index (χ4v) is 3.12. The molecule has 0 aromatic heterocycles. The Hall–Kier alpha value is -0.0400. The average molecular weight is 408 g/mol. The summed E-state index contributed by atoms with van der Waals surface area (Å²) in [6.07, 6.45) is 6.57. The smallest absolute Gasteiger partial charge is 0.193 e. The van der Waals surface area contributed by atoms with Crippen molar-refractivity contribution in [2.75, 3.05) is 45.8 Å². The van der Waals surface area contributed by atoms with Crippen LogP contribution in [0.15, 0.2) is 4.99 Å². The number of hydrogen-bond acceptors (Lipinski definition) is 2. The molecule has 0 saturated carbocycles. The molecule has 1 N–H and O–H groups in total. The van der Waals surface area contributed by atoms with Crippen LogP contribution in [-0.4, -0.2) is 61.6 Å². The Morgan fingerprint density at radius 1 is 1.14 bits per heavy atom. The highest BCUT2D eigenvalue weighted by Crippen LogP contribution is 2.15. The van der Waals surface area contributed by atoms with Gasteiger partial charge in [0.25, 0.3) is 0 Å². The van der Waals surface area contributed by atoms with Gasteiger partial charge >= 0.3 is 0 Å². The third kappa shape index (κ3) is 6.72. The molecule has 2 fully saturated rings. The SMILES string of the molecule is CCNC(=NCCCN1CCC(C)CC1)N1CCCC1.I. The molecule has 0 radical (unpaired) electrons. The van der Waals surface area contributed by atoms with E-state index in [1.54, 1.807) is 0 Å². The summed E-state index contributed by atoms with van der Waals surface area (Å²) in [5, 5.41) is 3.43. The summed E-state index contributed by atoms with van der Waals surface area (Å²) in [5.74, 6) is 2.07. The maximum Gasteiger partial charge on any atom is 0.193 e. The van der Waals surface area contributed by atoms with Crippen LogP contribution in [0, 0.1) is 5.92 Å². The number of guanidine groups is 1. The van der Waals surface area contributed by atoms with Crippen LogP contribution in [0.3, 0.4) is 0 Å². The number of piperidine rings is 1. The third-order valence-electron chi connectivity index (χ3n) is 4.51. The summed E-state index contributed by atoms with van der Waals surface area (Å²) in [6, 6.07) is 0. The van der Waals surface area contributed by atoms with Crippen LogP contribution in [0.5, 0.6) is 0 Å². The fraction of sp³-hybridized carbons (Fsp3) is 0.938. The number of halogens is 1.